The van der Waals surface area contributed by atoms with Crippen molar-refractivity contribution in [2.45, 2.75) is 12.5 Å². The van der Waals surface area contributed by atoms with Gasteiger partial charge in [-0.25, -0.2) is 8.78 Å². The Hall–Kier alpha value is -1.94. The Morgan fingerprint density at radius 1 is 1.05 bits per heavy atom. The van der Waals surface area contributed by atoms with Crippen LogP contribution in [0, 0.1) is 11.6 Å². The highest BCUT2D eigenvalue weighted by Crippen LogP contribution is 2.28. The normalized spacial score (nSPS) is 12.2. The minimum Gasteiger partial charge on any atom is -0.496 e. The van der Waals surface area contributed by atoms with Gasteiger partial charge in [-0.2, -0.15) is 0 Å². The van der Waals surface area contributed by atoms with Crippen molar-refractivity contribution in [3.8, 4) is 5.75 Å². The van der Waals surface area contributed by atoms with Crippen LogP contribution < -0.4 is 10.1 Å². The zero-order chi connectivity index (χ0) is 14.5. The van der Waals surface area contributed by atoms with Gasteiger partial charge in [0.1, 0.15) is 17.4 Å². The van der Waals surface area contributed by atoms with Crippen LogP contribution in [-0.4, -0.2) is 14.2 Å². The molecule has 2 aromatic carbocycles. The van der Waals surface area contributed by atoms with Crippen molar-refractivity contribution in [3.05, 3.63) is 65.2 Å². The molecule has 0 aliphatic heterocycles. The zero-order valence-corrected chi connectivity index (χ0v) is 11.5. The molecule has 4 heteroatoms. The van der Waals surface area contributed by atoms with Gasteiger partial charge in [0.05, 0.1) is 7.11 Å². The molecular weight excluding hydrogens is 260 g/mol. The molecule has 2 rings (SSSR count). The fourth-order valence-corrected chi connectivity index (χ4v) is 2.25. The van der Waals surface area contributed by atoms with Crippen LogP contribution in [0.1, 0.15) is 17.2 Å². The van der Waals surface area contributed by atoms with Gasteiger partial charge in [0.15, 0.2) is 0 Å². The SMILES string of the molecule is CNC(Cc1c(F)cccc1F)c1ccccc1OC. The summed E-state index contributed by atoms with van der Waals surface area (Å²) >= 11 is 0. The Kier molecular flexibility index (Phi) is 4.69. The number of nitrogens with one attached hydrogen (secondary N) is 1. The van der Waals surface area contributed by atoms with E-state index in [4.69, 9.17) is 4.74 Å². The molecule has 0 spiro atoms. The molecule has 0 radical (unpaired) electrons. The second-order valence-corrected chi connectivity index (χ2v) is 4.49. The molecule has 20 heavy (non-hydrogen) atoms. The molecule has 0 aromatic heterocycles. The van der Waals surface area contributed by atoms with Gasteiger partial charge in [-0.15, -0.1) is 0 Å². The zero-order valence-electron chi connectivity index (χ0n) is 11.5. The second kappa shape index (κ2) is 6.48. The smallest absolute Gasteiger partial charge is 0.129 e. The Morgan fingerprint density at radius 2 is 1.70 bits per heavy atom. The fourth-order valence-electron chi connectivity index (χ4n) is 2.25. The summed E-state index contributed by atoms with van der Waals surface area (Å²) in [5, 5.41) is 3.08. The molecule has 1 N–H and O–H groups in total. The van der Waals surface area contributed by atoms with E-state index in [1.165, 1.54) is 18.2 Å². The third-order valence-corrected chi connectivity index (χ3v) is 3.33. The molecule has 2 aromatic rings. The quantitative estimate of drug-likeness (QED) is 0.903. The van der Waals surface area contributed by atoms with Gasteiger partial charge in [-0.3, -0.25) is 0 Å². The summed E-state index contributed by atoms with van der Waals surface area (Å²) in [5.74, 6) is -0.358. The molecule has 2 nitrogen and oxygen atoms in total. The second-order valence-electron chi connectivity index (χ2n) is 4.49. The van der Waals surface area contributed by atoms with Crippen LogP contribution in [0.4, 0.5) is 8.78 Å². The average Bonchev–Trinajstić information content (AvgIpc) is 2.47. The van der Waals surface area contributed by atoms with E-state index in [1.807, 2.05) is 24.3 Å². The van der Waals surface area contributed by atoms with E-state index in [0.29, 0.717) is 5.75 Å². The third kappa shape index (κ3) is 2.96. The van der Waals surface area contributed by atoms with E-state index >= 15 is 0 Å². The molecule has 0 fully saturated rings. The van der Waals surface area contributed by atoms with E-state index in [2.05, 4.69) is 5.32 Å². The minimum atomic E-state index is -0.528. The van der Waals surface area contributed by atoms with Crippen molar-refractivity contribution in [2.24, 2.45) is 0 Å². The van der Waals surface area contributed by atoms with E-state index in [9.17, 15) is 8.78 Å². The maximum atomic E-state index is 13.7. The standard InChI is InChI=1S/C16H17F2NO/c1-19-15(11-6-3-4-9-16(11)20-2)10-12-13(17)7-5-8-14(12)18/h3-9,15,19H,10H2,1-2H3. The third-order valence-electron chi connectivity index (χ3n) is 3.33. The Bertz CT molecular complexity index is 566. The predicted octanol–water partition coefficient (Wildman–Crippen LogP) is 3.48. The number of ether oxygens (including phenoxy) is 1. The summed E-state index contributed by atoms with van der Waals surface area (Å²) in [6.07, 6.45) is 0.218. The molecule has 0 saturated heterocycles. The molecule has 0 heterocycles. The highest BCUT2D eigenvalue weighted by Gasteiger charge is 2.18. The van der Waals surface area contributed by atoms with Crippen LogP contribution in [-0.2, 0) is 6.42 Å². The number of methoxy groups -OCH3 is 1. The first kappa shape index (κ1) is 14.5. The lowest BCUT2D eigenvalue weighted by Gasteiger charge is -2.20. The highest BCUT2D eigenvalue weighted by molar-refractivity contribution is 5.37. The van der Waals surface area contributed by atoms with Crippen molar-refractivity contribution < 1.29 is 13.5 Å². The summed E-state index contributed by atoms with van der Waals surface area (Å²) in [6.45, 7) is 0. The number of hydrogen-bond donors (Lipinski definition) is 1. The molecular formula is C16H17F2NO. The van der Waals surface area contributed by atoms with E-state index in [0.717, 1.165) is 5.56 Å². The first-order valence-electron chi connectivity index (χ1n) is 6.40. The summed E-state index contributed by atoms with van der Waals surface area (Å²) in [6, 6.07) is 11.1. The molecule has 0 amide bonds. The monoisotopic (exact) mass is 277 g/mol. The van der Waals surface area contributed by atoms with Crippen LogP contribution >= 0.6 is 0 Å². The van der Waals surface area contributed by atoms with Crippen LogP contribution in [0.3, 0.4) is 0 Å². The molecule has 0 saturated carbocycles. The Balaban J connectivity index is 2.34. The van der Waals surface area contributed by atoms with Gasteiger partial charge in [0.2, 0.25) is 0 Å². The van der Waals surface area contributed by atoms with Crippen LogP contribution in [0.2, 0.25) is 0 Å². The number of hydrogen-bond acceptors (Lipinski definition) is 2. The fraction of sp³-hybridized carbons (Fsp3) is 0.250. The lowest BCUT2D eigenvalue weighted by atomic mass is 9.97. The molecule has 1 unspecified atom stereocenters. The number of benzene rings is 2. The van der Waals surface area contributed by atoms with E-state index < -0.39 is 11.6 Å². The molecule has 0 bridgehead atoms. The molecule has 0 aliphatic carbocycles. The Morgan fingerprint density at radius 3 is 2.30 bits per heavy atom. The summed E-state index contributed by atoms with van der Waals surface area (Å²) < 4.78 is 32.8. The van der Waals surface area contributed by atoms with Crippen LogP contribution in [0.15, 0.2) is 42.5 Å². The summed E-state index contributed by atoms with van der Waals surface area (Å²) in [7, 11) is 3.34. The lowest BCUT2D eigenvalue weighted by Crippen LogP contribution is -2.20. The first-order chi connectivity index (χ1) is 9.67. The van der Waals surface area contributed by atoms with Gasteiger partial charge in [-0.1, -0.05) is 24.3 Å². The number of rotatable bonds is 5. The number of likely N-dealkylation sites (N-methyl/N-ethyl adjacent to an activating group) is 1. The topological polar surface area (TPSA) is 21.3 Å². The largest absolute Gasteiger partial charge is 0.496 e. The van der Waals surface area contributed by atoms with E-state index in [-0.39, 0.29) is 18.0 Å². The van der Waals surface area contributed by atoms with Crippen molar-refractivity contribution in [2.75, 3.05) is 14.2 Å². The molecule has 0 aliphatic rings. The first-order valence-corrected chi connectivity index (χ1v) is 6.40. The number of para-hydroxylation sites is 1. The summed E-state index contributed by atoms with van der Waals surface area (Å²) in [4.78, 5) is 0. The van der Waals surface area contributed by atoms with Gasteiger partial charge < -0.3 is 10.1 Å². The van der Waals surface area contributed by atoms with Crippen molar-refractivity contribution in [1.29, 1.82) is 0 Å². The molecule has 1 atom stereocenters. The Labute approximate surface area is 117 Å². The van der Waals surface area contributed by atoms with Gasteiger partial charge in [-0.05, 0) is 31.7 Å². The predicted molar refractivity (Wildman–Crippen MR) is 74.9 cm³/mol. The maximum Gasteiger partial charge on any atom is 0.129 e. The van der Waals surface area contributed by atoms with Gasteiger partial charge in [0, 0.05) is 17.2 Å². The van der Waals surface area contributed by atoms with Crippen LogP contribution in [0.5, 0.6) is 5.75 Å². The van der Waals surface area contributed by atoms with E-state index in [1.54, 1.807) is 14.2 Å². The van der Waals surface area contributed by atoms with Crippen molar-refractivity contribution >= 4 is 0 Å². The molecule has 106 valence electrons. The van der Waals surface area contributed by atoms with Gasteiger partial charge >= 0.3 is 0 Å². The highest BCUT2D eigenvalue weighted by atomic mass is 19.1. The lowest BCUT2D eigenvalue weighted by molar-refractivity contribution is 0.400. The van der Waals surface area contributed by atoms with Crippen molar-refractivity contribution in [1.82, 2.24) is 5.32 Å². The minimum absolute atomic E-state index is 0.0813. The van der Waals surface area contributed by atoms with Crippen LogP contribution in [0.25, 0.3) is 0 Å². The van der Waals surface area contributed by atoms with Crippen molar-refractivity contribution in [3.63, 3.8) is 0 Å². The number of halogens is 2. The average molecular weight is 277 g/mol. The maximum absolute atomic E-state index is 13.7. The van der Waals surface area contributed by atoms with Gasteiger partial charge in [0.25, 0.3) is 0 Å². The summed E-state index contributed by atoms with van der Waals surface area (Å²) in [5.41, 5.74) is 0.956.